The molecular formula is C27H32N2O4S. The summed E-state index contributed by atoms with van der Waals surface area (Å²) in [5, 5.41) is 5.28. The zero-order valence-corrected chi connectivity index (χ0v) is 20.8. The van der Waals surface area contributed by atoms with Gasteiger partial charge in [-0.2, -0.15) is 0 Å². The van der Waals surface area contributed by atoms with E-state index in [0.717, 1.165) is 35.4 Å². The Morgan fingerprint density at radius 3 is 2.59 bits per heavy atom. The maximum absolute atomic E-state index is 12.4. The zero-order valence-electron chi connectivity index (χ0n) is 20.0. The van der Waals surface area contributed by atoms with Crippen LogP contribution >= 0.6 is 11.3 Å². The molecule has 0 radical (unpaired) electrons. The van der Waals surface area contributed by atoms with Gasteiger partial charge in [0, 0.05) is 17.0 Å². The first-order valence-electron chi connectivity index (χ1n) is 11.6. The Kier molecular flexibility index (Phi) is 9.98. The summed E-state index contributed by atoms with van der Waals surface area (Å²) in [6, 6.07) is 13.4. The van der Waals surface area contributed by atoms with E-state index < -0.39 is 0 Å². The number of methoxy groups -OCH3 is 1. The van der Waals surface area contributed by atoms with Gasteiger partial charge in [-0.15, -0.1) is 11.3 Å². The average molecular weight is 481 g/mol. The number of thiazole rings is 1. The number of nitrogens with zero attached hydrogens (tertiary/aromatic N) is 1. The summed E-state index contributed by atoms with van der Waals surface area (Å²) in [7, 11) is 1.61. The SMILES string of the molecule is CCCCCCOc1ccc(/C=C/C(=O)Nc2nc(-c3ccc(OCC)cc3)cs2)cc1OC. The number of carbonyl (C=O) groups is 1. The van der Waals surface area contributed by atoms with Crippen molar-refractivity contribution in [2.45, 2.75) is 39.5 Å². The Morgan fingerprint density at radius 1 is 1.03 bits per heavy atom. The fourth-order valence-electron chi connectivity index (χ4n) is 3.29. The summed E-state index contributed by atoms with van der Waals surface area (Å²) in [4.78, 5) is 16.9. The second-order valence-electron chi connectivity index (χ2n) is 7.64. The summed E-state index contributed by atoms with van der Waals surface area (Å²) in [5.41, 5.74) is 2.62. The molecule has 1 aromatic heterocycles. The fourth-order valence-corrected chi connectivity index (χ4v) is 4.01. The van der Waals surface area contributed by atoms with Gasteiger partial charge in [-0.3, -0.25) is 10.1 Å². The Labute approximate surface area is 205 Å². The molecule has 0 aliphatic rings. The van der Waals surface area contributed by atoms with Gasteiger partial charge in [-0.25, -0.2) is 4.98 Å². The normalized spacial score (nSPS) is 10.9. The molecule has 0 aliphatic carbocycles. The molecule has 180 valence electrons. The van der Waals surface area contributed by atoms with Crippen molar-refractivity contribution in [3.05, 3.63) is 59.5 Å². The Balaban J connectivity index is 1.55. The molecule has 6 nitrogen and oxygen atoms in total. The molecule has 0 unspecified atom stereocenters. The van der Waals surface area contributed by atoms with Crippen LogP contribution < -0.4 is 19.5 Å². The van der Waals surface area contributed by atoms with Gasteiger partial charge in [-0.1, -0.05) is 32.3 Å². The standard InChI is InChI=1S/C27H32N2O4S/c1-4-6-7-8-17-33-24-15-9-20(18-25(24)31-3)10-16-26(30)29-27-28-23(19-34-27)21-11-13-22(14-12-21)32-5-2/h9-16,18-19H,4-8,17H2,1-3H3,(H,28,29,30)/b16-10+. The van der Waals surface area contributed by atoms with E-state index in [9.17, 15) is 4.79 Å². The van der Waals surface area contributed by atoms with E-state index in [4.69, 9.17) is 14.2 Å². The van der Waals surface area contributed by atoms with Gasteiger partial charge in [0.2, 0.25) is 5.91 Å². The van der Waals surface area contributed by atoms with E-state index in [1.807, 2.05) is 54.8 Å². The van der Waals surface area contributed by atoms with Crippen molar-refractivity contribution in [2.75, 3.05) is 25.6 Å². The van der Waals surface area contributed by atoms with Crippen LogP contribution in [0, 0.1) is 0 Å². The first kappa shape index (κ1) is 25.3. The summed E-state index contributed by atoms with van der Waals surface area (Å²) in [5.74, 6) is 1.94. The van der Waals surface area contributed by atoms with Crippen LogP contribution in [0.25, 0.3) is 17.3 Å². The van der Waals surface area contributed by atoms with Crippen molar-refractivity contribution in [1.82, 2.24) is 4.98 Å². The summed E-state index contributed by atoms with van der Waals surface area (Å²) in [6.07, 6.45) is 7.83. The first-order chi connectivity index (χ1) is 16.6. The third-order valence-corrected chi connectivity index (χ3v) is 5.82. The van der Waals surface area contributed by atoms with Crippen molar-refractivity contribution in [1.29, 1.82) is 0 Å². The maximum atomic E-state index is 12.4. The van der Waals surface area contributed by atoms with Crippen LogP contribution in [0.3, 0.4) is 0 Å². The molecule has 0 atom stereocenters. The molecule has 0 bridgehead atoms. The number of ether oxygens (including phenoxy) is 3. The number of aromatic nitrogens is 1. The van der Waals surface area contributed by atoms with Gasteiger partial charge in [0.25, 0.3) is 0 Å². The van der Waals surface area contributed by atoms with Gasteiger partial charge >= 0.3 is 0 Å². The van der Waals surface area contributed by atoms with Gasteiger partial charge < -0.3 is 14.2 Å². The number of anilines is 1. The molecule has 7 heteroatoms. The van der Waals surface area contributed by atoms with Crippen LogP contribution in [-0.4, -0.2) is 31.2 Å². The van der Waals surface area contributed by atoms with E-state index in [1.54, 1.807) is 13.2 Å². The van der Waals surface area contributed by atoms with Crippen molar-refractivity contribution in [2.24, 2.45) is 0 Å². The summed E-state index contributed by atoms with van der Waals surface area (Å²) in [6.45, 7) is 5.44. The van der Waals surface area contributed by atoms with Gasteiger partial charge in [-0.05, 0) is 61.4 Å². The monoisotopic (exact) mass is 480 g/mol. The highest BCUT2D eigenvalue weighted by Gasteiger charge is 2.08. The molecule has 2 aromatic carbocycles. The Hall–Kier alpha value is -3.32. The second kappa shape index (κ2) is 13.4. The number of rotatable bonds is 13. The molecule has 0 aliphatic heterocycles. The van der Waals surface area contributed by atoms with Crippen LogP contribution in [0.5, 0.6) is 17.2 Å². The molecule has 3 rings (SSSR count). The van der Waals surface area contributed by atoms with E-state index in [-0.39, 0.29) is 5.91 Å². The number of nitrogens with one attached hydrogen (secondary N) is 1. The highest BCUT2D eigenvalue weighted by atomic mass is 32.1. The highest BCUT2D eigenvalue weighted by Crippen LogP contribution is 2.29. The molecule has 3 aromatic rings. The van der Waals surface area contributed by atoms with Crippen LogP contribution in [0.15, 0.2) is 53.9 Å². The Bertz CT molecular complexity index is 1080. The maximum Gasteiger partial charge on any atom is 0.250 e. The fraction of sp³-hybridized carbons (Fsp3) is 0.333. The molecule has 1 heterocycles. The molecule has 1 amide bonds. The van der Waals surface area contributed by atoms with Gasteiger partial charge in [0.1, 0.15) is 5.75 Å². The third kappa shape index (κ3) is 7.63. The number of amides is 1. The minimum Gasteiger partial charge on any atom is -0.494 e. The van der Waals surface area contributed by atoms with Crippen molar-refractivity contribution in [3.8, 4) is 28.5 Å². The van der Waals surface area contributed by atoms with Crippen molar-refractivity contribution in [3.63, 3.8) is 0 Å². The number of carbonyl (C=O) groups excluding carboxylic acids is 1. The van der Waals surface area contributed by atoms with Gasteiger partial charge in [0.15, 0.2) is 16.6 Å². The minimum atomic E-state index is -0.247. The minimum absolute atomic E-state index is 0.247. The molecule has 0 fully saturated rings. The van der Waals surface area contributed by atoms with Crippen molar-refractivity contribution < 1.29 is 19.0 Å². The van der Waals surface area contributed by atoms with E-state index >= 15 is 0 Å². The lowest BCUT2D eigenvalue weighted by Crippen LogP contribution is -2.07. The number of hydrogen-bond acceptors (Lipinski definition) is 6. The number of unbranched alkanes of at least 4 members (excludes halogenated alkanes) is 3. The third-order valence-electron chi connectivity index (χ3n) is 5.07. The van der Waals surface area contributed by atoms with E-state index in [0.29, 0.717) is 29.8 Å². The van der Waals surface area contributed by atoms with Crippen molar-refractivity contribution >= 4 is 28.5 Å². The molecular weight excluding hydrogens is 448 g/mol. The van der Waals surface area contributed by atoms with Crippen LogP contribution in [0.1, 0.15) is 45.1 Å². The average Bonchev–Trinajstić information content (AvgIpc) is 3.32. The lowest BCUT2D eigenvalue weighted by molar-refractivity contribution is -0.111. The van der Waals surface area contributed by atoms with E-state index in [1.165, 1.54) is 30.3 Å². The molecule has 0 saturated heterocycles. The quantitative estimate of drug-likeness (QED) is 0.214. The van der Waals surface area contributed by atoms with E-state index in [2.05, 4.69) is 17.2 Å². The van der Waals surface area contributed by atoms with Crippen LogP contribution in [0.2, 0.25) is 0 Å². The van der Waals surface area contributed by atoms with Gasteiger partial charge in [0.05, 0.1) is 26.0 Å². The smallest absolute Gasteiger partial charge is 0.250 e. The predicted octanol–water partition coefficient (Wildman–Crippen LogP) is 6.83. The lowest BCUT2D eigenvalue weighted by atomic mass is 10.2. The first-order valence-corrected chi connectivity index (χ1v) is 12.5. The largest absolute Gasteiger partial charge is 0.494 e. The lowest BCUT2D eigenvalue weighted by Gasteiger charge is -2.11. The topological polar surface area (TPSA) is 69.7 Å². The highest BCUT2D eigenvalue weighted by molar-refractivity contribution is 7.14. The molecule has 0 spiro atoms. The predicted molar refractivity (Wildman–Crippen MR) is 139 cm³/mol. The summed E-state index contributed by atoms with van der Waals surface area (Å²) < 4.78 is 16.8. The molecule has 0 saturated carbocycles. The Morgan fingerprint density at radius 2 is 1.85 bits per heavy atom. The van der Waals surface area contributed by atoms with Crippen LogP contribution in [-0.2, 0) is 4.79 Å². The second-order valence-corrected chi connectivity index (χ2v) is 8.50. The number of benzene rings is 2. The molecule has 1 N–H and O–H groups in total. The number of hydrogen-bond donors (Lipinski definition) is 1. The zero-order chi connectivity index (χ0) is 24.2. The van der Waals surface area contributed by atoms with Crippen LogP contribution in [0.4, 0.5) is 5.13 Å². The molecule has 34 heavy (non-hydrogen) atoms. The summed E-state index contributed by atoms with van der Waals surface area (Å²) >= 11 is 1.38.